The summed E-state index contributed by atoms with van der Waals surface area (Å²) >= 11 is 0. The lowest BCUT2D eigenvalue weighted by atomic mass is 10.1. The zero-order valence-electron chi connectivity index (χ0n) is 15.7. The topological polar surface area (TPSA) is 58.1 Å². The first-order chi connectivity index (χ1) is 12.5. The van der Waals surface area contributed by atoms with E-state index in [1.54, 1.807) is 0 Å². The van der Waals surface area contributed by atoms with E-state index in [2.05, 4.69) is 15.2 Å². The summed E-state index contributed by atoms with van der Waals surface area (Å²) in [4.78, 5) is 24.3. The predicted molar refractivity (Wildman–Crippen MR) is 107 cm³/mol. The first kappa shape index (κ1) is 17.9. The zero-order chi connectivity index (χ0) is 18.7. The van der Waals surface area contributed by atoms with Crippen LogP contribution in [-0.4, -0.2) is 29.0 Å². The van der Waals surface area contributed by atoms with E-state index in [4.69, 9.17) is 4.98 Å². The molecular formula is C21H24N4O. The molecule has 3 aromatic rings. The number of hydrogen-bond acceptors (Lipinski definition) is 4. The van der Waals surface area contributed by atoms with Gasteiger partial charge in [-0.05, 0) is 63.1 Å². The van der Waals surface area contributed by atoms with Crippen LogP contribution in [0.15, 0.2) is 42.5 Å². The number of nitrogens with zero attached hydrogens (tertiary/aromatic N) is 3. The molecule has 1 heterocycles. The summed E-state index contributed by atoms with van der Waals surface area (Å²) < 4.78 is 0. The number of para-hydroxylation sites is 2. The highest BCUT2D eigenvalue weighted by molar-refractivity contribution is 6.07. The lowest BCUT2D eigenvalue weighted by molar-refractivity contribution is 0.102. The lowest BCUT2D eigenvalue weighted by Crippen LogP contribution is -2.27. The molecule has 0 aliphatic carbocycles. The van der Waals surface area contributed by atoms with Gasteiger partial charge in [-0.25, -0.2) is 9.97 Å². The maximum absolute atomic E-state index is 13.0. The SMILES string of the molecule is CCN(CC)c1nc2ccccc2nc1C(=O)Nc1ccc(C)c(C)c1. The van der Waals surface area contributed by atoms with E-state index >= 15 is 0 Å². The van der Waals surface area contributed by atoms with Crippen molar-refractivity contribution in [3.05, 3.63) is 59.3 Å². The Hall–Kier alpha value is -2.95. The van der Waals surface area contributed by atoms with Crippen LogP contribution in [0.5, 0.6) is 0 Å². The van der Waals surface area contributed by atoms with Crippen molar-refractivity contribution in [1.29, 1.82) is 0 Å². The molecule has 0 atom stereocenters. The van der Waals surface area contributed by atoms with E-state index in [0.29, 0.717) is 17.0 Å². The van der Waals surface area contributed by atoms with Crippen molar-refractivity contribution in [1.82, 2.24) is 9.97 Å². The highest BCUT2D eigenvalue weighted by atomic mass is 16.1. The Kier molecular flexibility index (Phi) is 5.16. The lowest BCUT2D eigenvalue weighted by Gasteiger charge is -2.22. The summed E-state index contributed by atoms with van der Waals surface area (Å²) in [7, 11) is 0. The molecule has 0 aliphatic rings. The first-order valence-electron chi connectivity index (χ1n) is 8.93. The zero-order valence-corrected chi connectivity index (χ0v) is 15.7. The molecule has 3 rings (SSSR count). The summed E-state index contributed by atoms with van der Waals surface area (Å²) in [5.74, 6) is 0.378. The van der Waals surface area contributed by atoms with E-state index in [9.17, 15) is 4.79 Å². The van der Waals surface area contributed by atoms with Crippen molar-refractivity contribution >= 4 is 28.4 Å². The normalized spacial score (nSPS) is 10.8. The fraction of sp³-hybridized carbons (Fsp3) is 0.286. The van der Waals surface area contributed by atoms with Crippen LogP contribution in [0.3, 0.4) is 0 Å². The number of carbonyl (C=O) groups excluding carboxylic acids is 1. The second-order valence-electron chi connectivity index (χ2n) is 6.31. The van der Waals surface area contributed by atoms with Crippen molar-refractivity contribution in [2.75, 3.05) is 23.3 Å². The van der Waals surface area contributed by atoms with Gasteiger partial charge < -0.3 is 10.2 Å². The number of carbonyl (C=O) groups is 1. The molecule has 5 heteroatoms. The number of aromatic nitrogens is 2. The Morgan fingerprint density at radius 3 is 2.23 bits per heavy atom. The van der Waals surface area contributed by atoms with Gasteiger partial charge >= 0.3 is 0 Å². The summed E-state index contributed by atoms with van der Waals surface area (Å²) in [6.45, 7) is 9.69. The van der Waals surface area contributed by atoms with E-state index in [0.717, 1.165) is 29.9 Å². The van der Waals surface area contributed by atoms with E-state index in [1.165, 1.54) is 5.56 Å². The van der Waals surface area contributed by atoms with Gasteiger partial charge in [-0.3, -0.25) is 4.79 Å². The molecule has 1 aromatic heterocycles. The molecular weight excluding hydrogens is 324 g/mol. The Labute approximate surface area is 154 Å². The smallest absolute Gasteiger partial charge is 0.278 e. The van der Waals surface area contributed by atoms with Crippen LogP contribution >= 0.6 is 0 Å². The fourth-order valence-electron chi connectivity index (χ4n) is 2.90. The minimum atomic E-state index is -0.242. The molecule has 0 bridgehead atoms. The van der Waals surface area contributed by atoms with Crippen LogP contribution in [-0.2, 0) is 0 Å². The Morgan fingerprint density at radius 2 is 1.62 bits per heavy atom. The van der Waals surface area contributed by atoms with Crippen molar-refractivity contribution in [3.63, 3.8) is 0 Å². The Bertz CT molecular complexity index is 948. The van der Waals surface area contributed by atoms with Crippen molar-refractivity contribution < 1.29 is 4.79 Å². The number of anilines is 2. The molecule has 0 aliphatic heterocycles. The maximum Gasteiger partial charge on any atom is 0.278 e. The third kappa shape index (κ3) is 3.52. The Morgan fingerprint density at radius 1 is 0.962 bits per heavy atom. The van der Waals surface area contributed by atoms with Gasteiger partial charge in [-0.2, -0.15) is 0 Å². The molecule has 5 nitrogen and oxygen atoms in total. The maximum atomic E-state index is 13.0. The molecule has 0 fully saturated rings. The third-order valence-electron chi connectivity index (χ3n) is 4.59. The molecule has 2 aromatic carbocycles. The van der Waals surface area contributed by atoms with Crippen LogP contribution in [0.25, 0.3) is 11.0 Å². The van der Waals surface area contributed by atoms with Crippen LogP contribution in [0.2, 0.25) is 0 Å². The number of amides is 1. The summed E-state index contributed by atoms with van der Waals surface area (Å²) in [6, 6.07) is 13.5. The molecule has 0 saturated carbocycles. The van der Waals surface area contributed by atoms with Gasteiger partial charge in [0.15, 0.2) is 11.5 Å². The van der Waals surface area contributed by atoms with Crippen molar-refractivity contribution in [3.8, 4) is 0 Å². The number of aryl methyl sites for hydroxylation is 2. The second kappa shape index (κ2) is 7.52. The van der Waals surface area contributed by atoms with Crippen LogP contribution in [0, 0.1) is 13.8 Å². The molecule has 1 amide bonds. The first-order valence-corrected chi connectivity index (χ1v) is 8.93. The van der Waals surface area contributed by atoms with Crippen LogP contribution in [0.1, 0.15) is 35.5 Å². The van der Waals surface area contributed by atoms with Crippen LogP contribution in [0.4, 0.5) is 11.5 Å². The average Bonchev–Trinajstić information content (AvgIpc) is 2.65. The van der Waals surface area contributed by atoms with E-state index in [1.807, 2.05) is 70.2 Å². The highest BCUT2D eigenvalue weighted by Gasteiger charge is 2.20. The monoisotopic (exact) mass is 348 g/mol. The van der Waals surface area contributed by atoms with Gasteiger partial charge in [0, 0.05) is 18.8 Å². The van der Waals surface area contributed by atoms with Gasteiger partial charge in [0.05, 0.1) is 11.0 Å². The van der Waals surface area contributed by atoms with Gasteiger partial charge in [0.2, 0.25) is 0 Å². The standard InChI is InChI=1S/C21H24N4O/c1-5-25(6-2)20-19(23-17-9-7-8-10-18(17)24-20)21(26)22-16-12-11-14(3)15(4)13-16/h7-13H,5-6H2,1-4H3,(H,22,26). The van der Waals surface area contributed by atoms with Crippen LogP contribution < -0.4 is 10.2 Å². The number of rotatable bonds is 5. The molecule has 0 unspecified atom stereocenters. The second-order valence-corrected chi connectivity index (χ2v) is 6.31. The van der Waals surface area contributed by atoms with Gasteiger partial charge in [0.25, 0.3) is 5.91 Å². The molecule has 0 spiro atoms. The summed E-state index contributed by atoms with van der Waals surface area (Å²) in [5, 5.41) is 2.97. The van der Waals surface area contributed by atoms with E-state index < -0.39 is 0 Å². The van der Waals surface area contributed by atoms with Gasteiger partial charge in [-0.15, -0.1) is 0 Å². The molecule has 26 heavy (non-hydrogen) atoms. The Balaban J connectivity index is 2.04. The minimum absolute atomic E-state index is 0.242. The van der Waals surface area contributed by atoms with Gasteiger partial charge in [-0.1, -0.05) is 18.2 Å². The molecule has 1 N–H and O–H groups in total. The van der Waals surface area contributed by atoms with Crippen molar-refractivity contribution in [2.24, 2.45) is 0 Å². The van der Waals surface area contributed by atoms with E-state index in [-0.39, 0.29) is 5.91 Å². The summed E-state index contributed by atoms with van der Waals surface area (Å²) in [6.07, 6.45) is 0. The predicted octanol–water partition coefficient (Wildman–Crippen LogP) is 4.35. The third-order valence-corrected chi connectivity index (χ3v) is 4.59. The molecule has 0 saturated heterocycles. The average molecular weight is 348 g/mol. The summed E-state index contributed by atoms with van der Waals surface area (Å²) in [5.41, 5.74) is 4.95. The molecule has 134 valence electrons. The number of hydrogen-bond donors (Lipinski definition) is 1. The largest absolute Gasteiger partial charge is 0.355 e. The number of nitrogens with one attached hydrogen (secondary N) is 1. The minimum Gasteiger partial charge on any atom is -0.355 e. The molecule has 0 radical (unpaired) electrons. The van der Waals surface area contributed by atoms with Gasteiger partial charge in [0.1, 0.15) is 0 Å². The highest BCUT2D eigenvalue weighted by Crippen LogP contribution is 2.22. The number of benzene rings is 2. The van der Waals surface area contributed by atoms with Crippen molar-refractivity contribution in [2.45, 2.75) is 27.7 Å². The quantitative estimate of drug-likeness (QED) is 0.745. The fourth-order valence-corrected chi connectivity index (χ4v) is 2.90. The number of fused-ring (bicyclic) bond motifs is 1.